The van der Waals surface area contributed by atoms with Gasteiger partial charge in [-0.2, -0.15) is 0 Å². The SMILES string of the molecule is Cl.Cl.O=C(C1CNCCO1)N1CCCCC1CN1CCOCC1. The first-order chi connectivity index (χ1) is 10.3. The van der Waals surface area contributed by atoms with E-state index in [4.69, 9.17) is 9.47 Å². The molecule has 3 heterocycles. The Hall–Kier alpha value is -0.110. The number of halogens is 2. The molecule has 6 nitrogen and oxygen atoms in total. The average molecular weight is 370 g/mol. The number of nitrogens with zero attached hydrogens (tertiary/aromatic N) is 2. The molecule has 1 N–H and O–H groups in total. The summed E-state index contributed by atoms with van der Waals surface area (Å²) in [4.78, 5) is 17.2. The van der Waals surface area contributed by atoms with Crippen LogP contribution in [0.5, 0.6) is 0 Å². The van der Waals surface area contributed by atoms with Gasteiger partial charge in [-0.1, -0.05) is 0 Å². The molecule has 2 atom stereocenters. The van der Waals surface area contributed by atoms with E-state index in [0.717, 1.165) is 58.8 Å². The van der Waals surface area contributed by atoms with Crippen molar-refractivity contribution in [3.63, 3.8) is 0 Å². The van der Waals surface area contributed by atoms with Gasteiger partial charge < -0.3 is 19.7 Å². The average Bonchev–Trinajstić information content (AvgIpc) is 2.56. The molecule has 3 rings (SSSR count). The van der Waals surface area contributed by atoms with Gasteiger partial charge >= 0.3 is 0 Å². The fourth-order valence-electron chi connectivity index (χ4n) is 3.47. The Kier molecular flexibility index (Phi) is 9.73. The molecule has 0 aromatic heterocycles. The highest BCUT2D eigenvalue weighted by atomic mass is 35.5. The first-order valence-electron chi connectivity index (χ1n) is 8.27. The number of nitrogens with one attached hydrogen (secondary N) is 1. The maximum Gasteiger partial charge on any atom is 0.253 e. The molecule has 0 spiro atoms. The number of morpholine rings is 2. The third-order valence-electron chi connectivity index (χ3n) is 4.69. The van der Waals surface area contributed by atoms with Gasteiger partial charge in [0.05, 0.1) is 19.8 Å². The van der Waals surface area contributed by atoms with Crippen molar-refractivity contribution in [3.8, 4) is 0 Å². The highest BCUT2D eigenvalue weighted by Crippen LogP contribution is 2.20. The quantitative estimate of drug-likeness (QED) is 0.786. The maximum absolute atomic E-state index is 12.7. The van der Waals surface area contributed by atoms with Crippen molar-refractivity contribution in [2.24, 2.45) is 0 Å². The zero-order valence-corrected chi connectivity index (χ0v) is 15.2. The number of carbonyl (C=O) groups is 1. The van der Waals surface area contributed by atoms with E-state index in [0.29, 0.717) is 19.2 Å². The van der Waals surface area contributed by atoms with E-state index < -0.39 is 0 Å². The van der Waals surface area contributed by atoms with Crippen LogP contribution in [0, 0.1) is 0 Å². The van der Waals surface area contributed by atoms with Crippen molar-refractivity contribution in [3.05, 3.63) is 0 Å². The van der Waals surface area contributed by atoms with Crippen molar-refractivity contribution >= 4 is 30.7 Å². The van der Waals surface area contributed by atoms with E-state index in [1.807, 2.05) is 0 Å². The molecule has 3 aliphatic heterocycles. The number of carbonyl (C=O) groups excluding carboxylic acids is 1. The molecule has 2 unspecified atom stereocenters. The Morgan fingerprint density at radius 1 is 1.09 bits per heavy atom. The van der Waals surface area contributed by atoms with Crippen LogP contribution in [0.15, 0.2) is 0 Å². The fraction of sp³-hybridized carbons (Fsp3) is 0.933. The van der Waals surface area contributed by atoms with E-state index in [2.05, 4.69) is 15.1 Å². The van der Waals surface area contributed by atoms with Crippen LogP contribution >= 0.6 is 24.8 Å². The summed E-state index contributed by atoms with van der Waals surface area (Å²) < 4.78 is 11.1. The third-order valence-corrected chi connectivity index (χ3v) is 4.69. The van der Waals surface area contributed by atoms with Crippen molar-refractivity contribution in [1.29, 1.82) is 0 Å². The molecule has 0 saturated carbocycles. The number of ether oxygens (including phenoxy) is 2. The second-order valence-electron chi connectivity index (χ2n) is 6.16. The van der Waals surface area contributed by atoms with E-state index in [1.54, 1.807) is 0 Å². The number of hydrogen-bond acceptors (Lipinski definition) is 5. The summed E-state index contributed by atoms with van der Waals surface area (Å²) in [7, 11) is 0. The Morgan fingerprint density at radius 2 is 1.87 bits per heavy atom. The first kappa shape index (κ1) is 20.9. The summed E-state index contributed by atoms with van der Waals surface area (Å²) in [5.74, 6) is 0.181. The van der Waals surface area contributed by atoms with Crippen molar-refractivity contribution in [2.75, 3.05) is 59.1 Å². The number of hydrogen-bond donors (Lipinski definition) is 1. The molecule has 0 radical (unpaired) electrons. The van der Waals surface area contributed by atoms with E-state index >= 15 is 0 Å². The van der Waals surface area contributed by atoms with Crippen LogP contribution in [-0.4, -0.2) is 86.9 Å². The van der Waals surface area contributed by atoms with E-state index in [9.17, 15) is 4.79 Å². The second kappa shape index (κ2) is 10.7. The lowest BCUT2D eigenvalue weighted by Crippen LogP contribution is -2.56. The maximum atomic E-state index is 12.7. The lowest BCUT2D eigenvalue weighted by Gasteiger charge is -2.41. The van der Waals surface area contributed by atoms with Crippen LogP contribution in [-0.2, 0) is 14.3 Å². The van der Waals surface area contributed by atoms with Gasteiger partial charge in [-0.05, 0) is 19.3 Å². The Labute approximate surface area is 151 Å². The Bertz CT molecular complexity index is 351. The van der Waals surface area contributed by atoms with Crippen LogP contribution in [0.2, 0.25) is 0 Å². The molecule has 1 amide bonds. The summed E-state index contributed by atoms with van der Waals surface area (Å²) in [5.41, 5.74) is 0. The van der Waals surface area contributed by atoms with E-state index in [-0.39, 0.29) is 36.8 Å². The monoisotopic (exact) mass is 369 g/mol. The largest absolute Gasteiger partial charge is 0.379 e. The summed E-state index contributed by atoms with van der Waals surface area (Å²) in [6.07, 6.45) is 3.17. The number of amides is 1. The Balaban J connectivity index is 0.00000132. The van der Waals surface area contributed by atoms with Gasteiger partial charge in [0.1, 0.15) is 6.10 Å². The van der Waals surface area contributed by atoms with E-state index in [1.165, 1.54) is 6.42 Å². The van der Waals surface area contributed by atoms with Crippen molar-refractivity contribution in [1.82, 2.24) is 15.1 Å². The highest BCUT2D eigenvalue weighted by molar-refractivity contribution is 5.85. The van der Waals surface area contributed by atoms with Gasteiger partial charge in [0.15, 0.2) is 0 Å². The van der Waals surface area contributed by atoms with Gasteiger partial charge in [0.2, 0.25) is 0 Å². The molecule has 0 aromatic carbocycles. The molecule has 3 aliphatic rings. The molecular formula is C15H29Cl2N3O3. The minimum atomic E-state index is -0.288. The molecule has 136 valence electrons. The zero-order chi connectivity index (χ0) is 14.5. The van der Waals surface area contributed by atoms with Gasteiger partial charge in [-0.3, -0.25) is 9.69 Å². The first-order valence-corrected chi connectivity index (χ1v) is 8.27. The number of likely N-dealkylation sites (tertiary alicyclic amines) is 1. The summed E-state index contributed by atoms with van der Waals surface area (Å²) in [6, 6.07) is 0.342. The predicted molar refractivity (Wildman–Crippen MR) is 93.7 cm³/mol. The lowest BCUT2D eigenvalue weighted by molar-refractivity contribution is -0.149. The predicted octanol–water partition coefficient (Wildman–Crippen LogP) is 0.532. The minimum absolute atomic E-state index is 0. The number of rotatable bonds is 3. The molecular weight excluding hydrogens is 341 g/mol. The molecule has 8 heteroatoms. The summed E-state index contributed by atoms with van der Waals surface area (Å²) >= 11 is 0. The van der Waals surface area contributed by atoms with Gasteiger partial charge in [-0.25, -0.2) is 0 Å². The molecule has 3 saturated heterocycles. The van der Waals surface area contributed by atoms with Crippen LogP contribution < -0.4 is 5.32 Å². The lowest BCUT2D eigenvalue weighted by atomic mass is 10.0. The molecule has 0 aromatic rings. The smallest absolute Gasteiger partial charge is 0.253 e. The number of piperidine rings is 1. The summed E-state index contributed by atoms with van der Waals surface area (Å²) in [6.45, 7) is 7.61. The normalized spacial score (nSPS) is 29.3. The van der Waals surface area contributed by atoms with Crippen molar-refractivity contribution < 1.29 is 14.3 Å². The zero-order valence-electron chi connectivity index (χ0n) is 13.6. The molecule has 23 heavy (non-hydrogen) atoms. The molecule has 0 bridgehead atoms. The van der Waals surface area contributed by atoms with Crippen LogP contribution in [0.1, 0.15) is 19.3 Å². The second-order valence-corrected chi connectivity index (χ2v) is 6.16. The highest BCUT2D eigenvalue weighted by Gasteiger charge is 2.33. The van der Waals surface area contributed by atoms with Gasteiger partial charge in [-0.15, -0.1) is 24.8 Å². The molecule has 3 fully saturated rings. The van der Waals surface area contributed by atoms with Crippen molar-refractivity contribution in [2.45, 2.75) is 31.4 Å². The van der Waals surface area contributed by atoms with Crippen LogP contribution in [0.4, 0.5) is 0 Å². The minimum Gasteiger partial charge on any atom is -0.379 e. The van der Waals surface area contributed by atoms with Crippen LogP contribution in [0.3, 0.4) is 0 Å². The summed E-state index contributed by atoms with van der Waals surface area (Å²) in [5, 5.41) is 3.25. The fourth-order valence-corrected chi connectivity index (χ4v) is 3.47. The standard InChI is InChI=1S/C15H27N3O3.2ClH/c19-15(14-11-16-4-8-21-14)18-5-2-1-3-13(18)12-17-6-9-20-10-7-17;;/h13-14,16H,1-12H2;2*1H. The molecule has 0 aliphatic carbocycles. The topological polar surface area (TPSA) is 54.0 Å². The van der Waals surface area contributed by atoms with Crippen LogP contribution in [0.25, 0.3) is 0 Å². The third kappa shape index (κ3) is 5.73. The van der Waals surface area contributed by atoms with Gasteiger partial charge in [0, 0.05) is 45.3 Å². The van der Waals surface area contributed by atoms with Gasteiger partial charge in [0.25, 0.3) is 5.91 Å². The Morgan fingerprint density at radius 3 is 2.57 bits per heavy atom.